The van der Waals surface area contributed by atoms with Crippen molar-refractivity contribution in [1.82, 2.24) is 9.97 Å². The average molecular weight is 427 g/mol. The highest BCUT2D eigenvalue weighted by molar-refractivity contribution is 5.77. The molecule has 2 aliphatic rings. The van der Waals surface area contributed by atoms with Gasteiger partial charge >= 0.3 is 0 Å². The molecule has 1 atom stereocenters. The summed E-state index contributed by atoms with van der Waals surface area (Å²) in [5.41, 5.74) is 7.88. The quantitative estimate of drug-likeness (QED) is 0.674. The van der Waals surface area contributed by atoms with Crippen LogP contribution < -0.4 is 15.2 Å². The van der Waals surface area contributed by atoms with Gasteiger partial charge in [0, 0.05) is 23.5 Å². The lowest BCUT2D eigenvalue weighted by atomic mass is 9.81. The fraction of sp³-hybridized carbons (Fsp3) is 0.250. The number of rotatable bonds is 4. The van der Waals surface area contributed by atoms with E-state index >= 15 is 0 Å². The predicted molar refractivity (Wildman–Crippen MR) is 117 cm³/mol. The van der Waals surface area contributed by atoms with Gasteiger partial charge in [0.1, 0.15) is 24.7 Å². The summed E-state index contributed by atoms with van der Waals surface area (Å²) >= 11 is 0. The van der Waals surface area contributed by atoms with Crippen molar-refractivity contribution in [2.75, 3.05) is 13.2 Å². The van der Waals surface area contributed by atoms with Gasteiger partial charge in [0.2, 0.25) is 5.88 Å². The lowest BCUT2D eigenvalue weighted by Gasteiger charge is -2.33. The van der Waals surface area contributed by atoms with Crippen molar-refractivity contribution in [3.63, 3.8) is 0 Å². The molecular formula is C24H21N5O3. The molecule has 0 fully saturated rings. The first-order valence-corrected chi connectivity index (χ1v) is 10.2. The van der Waals surface area contributed by atoms with Gasteiger partial charge in [-0.05, 0) is 43.7 Å². The monoisotopic (exact) mass is 427 g/mol. The Balaban J connectivity index is 1.61. The molecule has 1 spiro atoms. The van der Waals surface area contributed by atoms with Crippen LogP contribution in [0.1, 0.15) is 25.0 Å². The number of aromatic nitrogens is 2. The molecule has 160 valence electrons. The van der Waals surface area contributed by atoms with Crippen molar-refractivity contribution in [3.8, 4) is 34.6 Å². The SMILES string of the molecule is CC(C)(C#N)COc1cnc2c(c1)[C@]1(COC(N)=N1)c1cc(-c3cccnc3)ccc1O2. The van der Waals surface area contributed by atoms with E-state index in [-0.39, 0.29) is 19.2 Å². The van der Waals surface area contributed by atoms with E-state index in [9.17, 15) is 5.26 Å². The van der Waals surface area contributed by atoms with Crippen LogP contribution in [0.25, 0.3) is 11.1 Å². The molecule has 0 saturated carbocycles. The van der Waals surface area contributed by atoms with Gasteiger partial charge in [-0.25, -0.2) is 9.98 Å². The Kier molecular flexibility index (Phi) is 4.48. The van der Waals surface area contributed by atoms with Gasteiger partial charge in [-0.1, -0.05) is 12.1 Å². The standard InChI is InChI=1S/C24H21N5O3/c1-23(2,12-25)13-30-17-9-19-21(28-11-17)32-20-6-5-15(16-4-3-7-27-10-16)8-18(20)24(19)14-31-22(26)29-24/h3-11H,13-14H2,1-2H3,(H2,26,29)/t24-/m0/s1. The molecule has 0 radical (unpaired) electrons. The zero-order chi connectivity index (χ0) is 22.3. The molecule has 0 aliphatic carbocycles. The molecule has 0 bridgehead atoms. The molecule has 2 aromatic heterocycles. The summed E-state index contributed by atoms with van der Waals surface area (Å²) in [7, 11) is 0. The fourth-order valence-corrected chi connectivity index (χ4v) is 3.80. The second-order valence-electron chi connectivity index (χ2n) is 8.46. The molecule has 8 heteroatoms. The van der Waals surface area contributed by atoms with Crippen LogP contribution in [-0.4, -0.2) is 29.2 Å². The maximum absolute atomic E-state index is 9.27. The molecule has 0 saturated heterocycles. The van der Waals surface area contributed by atoms with Crippen molar-refractivity contribution >= 4 is 6.02 Å². The Morgan fingerprint density at radius 3 is 2.78 bits per heavy atom. The third-order valence-electron chi connectivity index (χ3n) is 5.53. The van der Waals surface area contributed by atoms with E-state index in [1.165, 1.54) is 0 Å². The van der Waals surface area contributed by atoms with Crippen molar-refractivity contribution in [2.24, 2.45) is 16.1 Å². The number of nitriles is 1. The lowest BCUT2D eigenvalue weighted by molar-refractivity contribution is 0.223. The smallest absolute Gasteiger partial charge is 0.283 e. The minimum absolute atomic E-state index is 0.104. The molecule has 0 amide bonds. The maximum Gasteiger partial charge on any atom is 0.283 e. The first-order valence-electron chi connectivity index (χ1n) is 10.2. The number of ether oxygens (including phenoxy) is 3. The lowest BCUT2D eigenvalue weighted by Crippen LogP contribution is -2.31. The largest absolute Gasteiger partial charge is 0.490 e. The van der Waals surface area contributed by atoms with E-state index in [0.29, 0.717) is 22.9 Å². The van der Waals surface area contributed by atoms with E-state index in [4.69, 9.17) is 24.9 Å². The molecule has 8 nitrogen and oxygen atoms in total. The highest BCUT2D eigenvalue weighted by Crippen LogP contribution is 2.51. The minimum Gasteiger partial charge on any atom is -0.490 e. The molecule has 2 N–H and O–H groups in total. The van der Waals surface area contributed by atoms with Crippen LogP contribution in [0.4, 0.5) is 0 Å². The second-order valence-corrected chi connectivity index (χ2v) is 8.46. The summed E-state index contributed by atoms with van der Waals surface area (Å²) in [6.45, 7) is 4.07. The summed E-state index contributed by atoms with van der Waals surface area (Å²) < 4.78 is 17.6. The number of benzene rings is 1. The van der Waals surface area contributed by atoms with Crippen LogP contribution in [0.3, 0.4) is 0 Å². The highest BCUT2D eigenvalue weighted by Gasteiger charge is 2.48. The van der Waals surface area contributed by atoms with E-state index in [1.807, 2.05) is 50.2 Å². The van der Waals surface area contributed by atoms with Crippen LogP contribution in [0.15, 0.2) is 60.0 Å². The van der Waals surface area contributed by atoms with Gasteiger partial charge in [-0.15, -0.1) is 0 Å². The highest BCUT2D eigenvalue weighted by atomic mass is 16.5. The number of hydrogen-bond donors (Lipinski definition) is 1. The first-order chi connectivity index (χ1) is 15.4. The van der Waals surface area contributed by atoms with Crippen LogP contribution in [0, 0.1) is 16.7 Å². The van der Waals surface area contributed by atoms with Gasteiger partial charge in [0.25, 0.3) is 6.02 Å². The zero-order valence-corrected chi connectivity index (χ0v) is 17.7. The normalized spacial score (nSPS) is 18.6. The maximum atomic E-state index is 9.27. The van der Waals surface area contributed by atoms with E-state index in [1.54, 1.807) is 18.6 Å². The Hall–Kier alpha value is -4.12. The molecular weight excluding hydrogens is 406 g/mol. The summed E-state index contributed by atoms with van der Waals surface area (Å²) in [6, 6.07) is 13.9. The summed E-state index contributed by atoms with van der Waals surface area (Å²) in [4.78, 5) is 13.4. The number of pyridine rings is 2. The van der Waals surface area contributed by atoms with Gasteiger partial charge in [0.15, 0.2) is 5.54 Å². The Bertz CT molecular complexity index is 1270. The van der Waals surface area contributed by atoms with Crippen LogP contribution in [0.5, 0.6) is 17.4 Å². The van der Waals surface area contributed by atoms with Gasteiger partial charge in [-0.3, -0.25) is 4.98 Å². The first kappa shape index (κ1) is 19.8. The number of amidine groups is 1. The second kappa shape index (κ2) is 7.24. The molecule has 3 aromatic rings. The van der Waals surface area contributed by atoms with Crippen LogP contribution in [-0.2, 0) is 10.3 Å². The molecule has 1 aromatic carbocycles. The summed E-state index contributed by atoms with van der Waals surface area (Å²) in [5, 5.41) is 9.27. The van der Waals surface area contributed by atoms with E-state index in [0.717, 1.165) is 16.7 Å². The number of nitrogens with two attached hydrogens (primary N) is 1. The molecule has 0 unspecified atom stereocenters. The van der Waals surface area contributed by atoms with Crippen molar-refractivity contribution in [2.45, 2.75) is 19.4 Å². The van der Waals surface area contributed by atoms with Gasteiger partial charge in [0.05, 0.1) is 23.2 Å². The molecule has 5 rings (SSSR count). The van der Waals surface area contributed by atoms with Crippen molar-refractivity contribution < 1.29 is 14.2 Å². The van der Waals surface area contributed by atoms with Crippen LogP contribution in [0.2, 0.25) is 0 Å². The Labute approximate surface area is 185 Å². The van der Waals surface area contributed by atoms with Crippen molar-refractivity contribution in [1.29, 1.82) is 5.26 Å². The van der Waals surface area contributed by atoms with E-state index < -0.39 is 11.0 Å². The van der Waals surface area contributed by atoms with Gasteiger partial charge < -0.3 is 19.9 Å². The Morgan fingerprint density at radius 2 is 2.06 bits per heavy atom. The number of aliphatic imine (C=N–C) groups is 1. The number of fused-ring (bicyclic) bond motifs is 4. The van der Waals surface area contributed by atoms with E-state index in [2.05, 4.69) is 16.0 Å². The summed E-state index contributed by atoms with van der Waals surface area (Å²) in [5.74, 6) is 1.57. The van der Waals surface area contributed by atoms with Gasteiger partial charge in [-0.2, -0.15) is 5.26 Å². The number of hydrogen-bond acceptors (Lipinski definition) is 8. The predicted octanol–water partition coefficient (Wildman–Crippen LogP) is 3.77. The summed E-state index contributed by atoms with van der Waals surface area (Å²) in [6.07, 6.45) is 5.12. The number of nitrogens with zero attached hydrogens (tertiary/aromatic N) is 4. The average Bonchev–Trinajstić information content (AvgIpc) is 3.21. The fourth-order valence-electron chi connectivity index (χ4n) is 3.80. The van der Waals surface area contributed by atoms with Crippen molar-refractivity contribution in [3.05, 3.63) is 66.1 Å². The molecule has 4 heterocycles. The third kappa shape index (κ3) is 3.28. The molecule has 32 heavy (non-hydrogen) atoms. The molecule has 2 aliphatic heterocycles. The third-order valence-corrected chi connectivity index (χ3v) is 5.53. The van der Waals surface area contributed by atoms with Crippen LogP contribution >= 0.6 is 0 Å². The Morgan fingerprint density at radius 1 is 1.19 bits per heavy atom. The topological polar surface area (TPSA) is 116 Å². The minimum atomic E-state index is -0.914. The zero-order valence-electron chi connectivity index (χ0n) is 17.7.